The molecule has 7 heteroatoms. The number of benzene rings is 1. The summed E-state index contributed by atoms with van der Waals surface area (Å²) in [6.07, 6.45) is 1.65. The average molecular weight is 406 g/mol. The number of hydrogen-bond donors (Lipinski definition) is 2. The molecule has 1 heterocycles. The SMILES string of the molecule is CC(C[C@H](C)C(=O)N[C@H]1CC[C@@H]2CN(Cc3ccc(F)cc3)C[C@@H]21)N(C)C(=O)O. The minimum atomic E-state index is -0.976. The first-order valence-electron chi connectivity index (χ1n) is 10.5. The van der Waals surface area contributed by atoms with Crippen molar-refractivity contribution in [2.75, 3.05) is 20.1 Å². The molecule has 1 aromatic carbocycles. The van der Waals surface area contributed by atoms with Gasteiger partial charge in [0.25, 0.3) is 0 Å². The van der Waals surface area contributed by atoms with Crippen molar-refractivity contribution in [1.29, 1.82) is 0 Å². The zero-order valence-electron chi connectivity index (χ0n) is 17.5. The van der Waals surface area contributed by atoms with Crippen LogP contribution in [0.3, 0.4) is 0 Å². The third-order valence-corrected chi connectivity index (χ3v) is 6.68. The highest BCUT2D eigenvalue weighted by Crippen LogP contribution is 2.38. The second-order valence-electron chi connectivity index (χ2n) is 8.82. The molecule has 1 aliphatic carbocycles. The third kappa shape index (κ3) is 5.26. The number of carboxylic acid groups (broad SMARTS) is 1. The summed E-state index contributed by atoms with van der Waals surface area (Å²) in [7, 11) is 1.54. The Hall–Kier alpha value is -2.15. The summed E-state index contributed by atoms with van der Waals surface area (Å²) >= 11 is 0. The molecule has 1 unspecified atom stereocenters. The largest absolute Gasteiger partial charge is 0.465 e. The van der Waals surface area contributed by atoms with E-state index in [1.807, 2.05) is 26.0 Å². The molecule has 1 aliphatic heterocycles. The molecule has 3 rings (SSSR count). The van der Waals surface area contributed by atoms with Gasteiger partial charge in [0.05, 0.1) is 0 Å². The molecule has 0 radical (unpaired) electrons. The second kappa shape index (κ2) is 9.11. The maximum Gasteiger partial charge on any atom is 0.407 e. The number of rotatable bonds is 7. The topological polar surface area (TPSA) is 72.9 Å². The van der Waals surface area contributed by atoms with Gasteiger partial charge in [-0.25, -0.2) is 9.18 Å². The molecule has 5 atom stereocenters. The van der Waals surface area contributed by atoms with E-state index in [1.165, 1.54) is 24.1 Å². The standard InChI is InChI=1S/C22H32FN3O3/c1-14(10-15(2)25(3)22(28)29)21(27)24-20-9-6-17-12-26(13-19(17)20)11-16-4-7-18(23)8-5-16/h4-5,7-8,14-15,17,19-20H,6,9-13H2,1-3H3,(H,24,27)(H,28,29)/t14-,15?,17+,19-,20-/m0/s1. The summed E-state index contributed by atoms with van der Waals surface area (Å²) in [5.41, 5.74) is 1.11. The lowest BCUT2D eigenvalue weighted by Crippen LogP contribution is -2.44. The molecule has 2 N–H and O–H groups in total. The summed E-state index contributed by atoms with van der Waals surface area (Å²) in [6, 6.07) is 6.64. The van der Waals surface area contributed by atoms with Crippen LogP contribution in [0.4, 0.5) is 9.18 Å². The molecule has 1 saturated carbocycles. The predicted molar refractivity (Wildman–Crippen MR) is 109 cm³/mol. The van der Waals surface area contributed by atoms with E-state index in [0.717, 1.165) is 38.0 Å². The Morgan fingerprint density at radius 2 is 1.93 bits per heavy atom. The van der Waals surface area contributed by atoms with Crippen molar-refractivity contribution < 1.29 is 19.1 Å². The Bertz CT molecular complexity index is 727. The average Bonchev–Trinajstić information content (AvgIpc) is 3.23. The molecule has 0 bridgehead atoms. The van der Waals surface area contributed by atoms with Gasteiger partial charge < -0.3 is 15.3 Å². The van der Waals surface area contributed by atoms with Crippen molar-refractivity contribution in [3.05, 3.63) is 35.6 Å². The van der Waals surface area contributed by atoms with E-state index in [-0.39, 0.29) is 29.7 Å². The maximum atomic E-state index is 13.1. The fourth-order valence-electron chi connectivity index (χ4n) is 4.80. The third-order valence-electron chi connectivity index (χ3n) is 6.68. The quantitative estimate of drug-likeness (QED) is 0.731. The van der Waals surface area contributed by atoms with Crippen LogP contribution in [0, 0.1) is 23.6 Å². The molecule has 2 amide bonds. The Morgan fingerprint density at radius 3 is 2.59 bits per heavy atom. The van der Waals surface area contributed by atoms with Crippen LogP contribution < -0.4 is 5.32 Å². The lowest BCUT2D eigenvalue weighted by Gasteiger charge is -2.26. The highest BCUT2D eigenvalue weighted by atomic mass is 19.1. The van der Waals surface area contributed by atoms with Crippen LogP contribution in [0.2, 0.25) is 0 Å². The van der Waals surface area contributed by atoms with Crippen LogP contribution in [-0.2, 0) is 11.3 Å². The van der Waals surface area contributed by atoms with Gasteiger partial charge in [-0.05, 0) is 55.7 Å². The zero-order valence-corrected chi connectivity index (χ0v) is 17.5. The summed E-state index contributed by atoms with van der Waals surface area (Å²) in [5, 5.41) is 12.3. The highest BCUT2D eigenvalue weighted by molar-refractivity contribution is 5.78. The number of carbonyl (C=O) groups is 2. The molecule has 2 aliphatic rings. The number of carbonyl (C=O) groups excluding carboxylic acids is 1. The number of fused-ring (bicyclic) bond motifs is 1. The molecule has 6 nitrogen and oxygen atoms in total. The molecule has 0 spiro atoms. The Kier molecular flexibility index (Phi) is 6.77. The first-order valence-corrected chi connectivity index (χ1v) is 10.5. The van der Waals surface area contributed by atoms with Crippen molar-refractivity contribution in [2.24, 2.45) is 17.8 Å². The first-order chi connectivity index (χ1) is 13.7. The van der Waals surface area contributed by atoms with E-state index >= 15 is 0 Å². The van der Waals surface area contributed by atoms with Crippen molar-refractivity contribution >= 4 is 12.0 Å². The highest BCUT2D eigenvalue weighted by Gasteiger charge is 2.43. The van der Waals surface area contributed by atoms with E-state index in [2.05, 4.69) is 10.2 Å². The minimum Gasteiger partial charge on any atom is -0.465 e. The lowest BCUT2D eigenvalue weighted by molar-refractivity contribution is -0.126. The van der Waals surface area contributed by atoms with Crippen LogP contribution in [0.25, 0.3) is 0 Å². The van der Waals surface area contributed by atoms with Crippen molar-refractivity contribution in [3.8, 4) is 0 Å². The molecule has 29 heavy (non-hydrogen) atoms. The van der Waals surface area contributed by atoms with Gasteiger partial charge in [-0.15, -0.1) is 0 Å². The Balaban J connectivity index is 1.50. The Morgan fingerprint density at radius 1 is 1.24 bits per heavy atom. The van der Waals surface area contributed by atoms with Gasteiger partial charge in [0.2, 0.25) is 5.91 Å². The normalized spacial score (nSPS) is 26.0. The van der Waals surface area contributed by atoms with Crippen molar-refractivity contribution in [3.63, 3.8) is 0 Å². The van der Waals surface area contributed by atoms with E-state index in [9.17, 15) is 14.0 Å². The summed E-state index contributed by atoms with van der Waals surface area (Å²) in [4.78, 5) is 27.4. The molecule has 160 valence electrons. The number of hydrogen-bond acceptors (Lipinski definition) is 3. The van der Waals surface area contributed by atoms with Gasteiger partial charge in [0.1, 0.15) is 5.82 Å². The van der Waals surface area contributed by atoms with Gasteiger partial charge in [0, 0.05) is 44.7 Å². The van der Waals surface area contributed by atoms with Gasteiger partial charge in [-0.1, -0.05) is 19.1 Å². The van der Waals surface area contributed by atoms with E-state index < -0.39 is 6.09 Å². The minimum absolute atomic E-state index is 0.0123. The van der Waals surface area contributed by atoms with Crippen molar-refractivity contribution in [1.82, 2.24) is 15.1 Å². The predicted octanol–water partition coefficient (Wildman–Crippen LogP) is 3.18. The van der Waals surface area contributed by atoms with Gasteiger partial charge in [0.15, 0.2) is 0 Å². The number of nitrogens with zero attached hydrogens (tertiary/aromatic N) is 2. The fraction of sp³-hybridized carbons (Fsp3) is 0.636. The molecule has 1 aromatic rings. The van der Waals surface area contributed by atoms with Crippen molar-refractivity contribution in [2.45, 2.75) is 51.7 Å². The molecular weight excluding hydrogens is 373 g/mol. The summed E-state index contributed by atoms with van der Waals surface area (Å²) in [6.45, 7) is 6.46. The zero-order chi connectivity index (χ0) is 21.1. The van der Waals surface area contributed by atoms with Crippen LogP contribution in [0.15, 0.2) is 24.3 Å². The summed E-state index contributed by atoms with van der Waals surface area (Å²) in [5.74, 6) is 0.604. The Labute approximate surface area is 172 Å². The van der Waals surface area contributed by atoms with Crippen LogP contribution in [0.1, 0.15) is 38.7 Å². The molecular formula is C22H32FN3O3. The number of halogens is 1. The molecule has 1 saturated heterocycles. The molecule has 2 fully saturated rings. The van der Waals surface area contributed by atoms with E-state index in [0.29, 0.717) is 18.3 Å². The monoisotopic (exact) mass is 405 g/mol. The second-order valence-corrected chi connectivity index (χ2v) is 8.82. The summed E-state index contributed by atoms with van der Waals surface area (Å²) < 4.78 is 13.1. The van der Waals surface area contributed by atoms with Gasteiger partial charge in [-0.2, -0.15) is 0 Å². The number of nitrogens with one attached hydrogen (secondary N) is 1. The van der Waals surface area contributed by atoms with Gasteiger partial charge >= 0.3 is 6.09 Å². The maximum absolute atomic E-state index is 13.1. The van der Waals surface area contributed by atoms with E-state index in [1.54, 1.807) is 0 Å². The van der Waals surface area contributed by atoms with Gasteiger partial charge in [-0.3, -0.25) is 9.69 Å². The first kappa shape index (κ1) is 21.6. The van der Waals surface area contributed by atoms with E-state index in [4.69, 9.17) is 5.11 Å². The van der Waals surface area contributed by atoms with Crippen LogP contribution >= 0.6 is 0 Å². The lowest BCUT2D eigenvalue weighted by atomic mass is 9.96. The number of amides is 2. The fourth-order valence-corrected chi connectivity index (χ4v) is 4.80. The molecule has 0 aromatic heterocycles. The smallest absolute Gasteiger partial charge is 0.407 e. The van der Waals surface area contributed by atoms with Crippen LogP contribution in [0.5, 0.6) is 0 Å². The number of likely N-dealkylation sites (tertiary alicyclic amines) is 1. The van der Waals surface area contributed by atoms with Crippen LogP contribution in [-0.4, -0.2) is 59.1 Å².